The lowest BCUT2D eigenvalue weighted by Crippen LogP contribution is -2.15. The molecule has 0 aliphatic heterocycles. The van der Waals surface area contributed by atoms with Gasteiger partial charge in [0.2, 0.25) is 5.91 Å². The molecule has 1 amide bonds. The van der Waals surface area contributed by atoms with Gasteiger partial charge in [-0.25, -0.2) is 0 Å². The summed E-state index contributed by atoms with van der Waals surface area (Å²) in [4.78, 5) is 12.3. The fourth-order valence-electron chi connectivity index (χ4n) is 2.56. The van der Waals surface area contributed by atoms with E-state index in [9.17, 15) is 4.79 Å². The number of aryl methyl sites for hydroxylation is 2. The topological polar surface area (TPSA) is 56.2 Å². The van der Waals surface area contributed by atoms with Crippen molar-refractivity contribution < 1.29 is 9.53 Å². The highest BCUT2D eigenvalue weighted by Gasteiger charge is 2.13. The molecule has 0 unspecified atom stereocenters. The first-order valence-corrected chi connectivity index (χ1v) is 7.93. The third kappa shape index (κ3) is 4.34. The molecule has 0 atom stereocenters. The van der Waals surface area contributed by atoms with E-state index >= 15 is 0 Å². The van der Waals surface area contributed by atoms with Gasteiger partial charge in [0.1, 0.15) is 5.75 Å². The molecule has 0 bridgehead atoms. The van der Waals surface area contributed by atoms with E-state index < -0.39 is 0 Å². The Morgan fingerprint density at radius 1 is 1.30 bits per heavy atom. The van der Waals surface area contributed by atoms with Gasteiger partial charge in [0.05, 0.1) is 17.5 Å². The van der Waals surface area contributed by atoms with E-state index in [0.717, 1.165) is 17.0 Å². The summed E-state index contributed by atoms with van der Waals surface area (Å²) in [7, 11) is 1.92. The third-order valence-corrected chi connectivity index (χ3v) is 3.78. The highest BCUT2D eigenvalue weighted by Crippen LogP contribution is 2.25. The number of amides is 1. The molecule has 0 aliphatic rings. The molecule has 23 heavy (non-hydrogen) atoms. The van der Waals surface area contributed by atoms with Crippen molar-refractivity contribution in [2.24, 2.45) is 7.05 Å². The van der Waals surface area contributed by atoms with Crippen LogP contribution in [0, 0.1) is 13.8 Å². The Kier molecular flexibility index (Phi) is 5.42. The SMILES string of the molecule is Cc1nn(C)c(C)c1CCC(=O)Nc1ccccc1OC(C)C. The van der Waals surface area contributed by atoms with Crippen LogP contribution in [0.5, 0.6) is 5.75 Å². The zero-order chi connectivity index (χ0) is 17.0. The molecule has 124 valence electrons. The molecule has 5 heteroatoms. The number of ether oxygens (including phenoxy) is 1. The molecule has 2 aromatic rings. The summed E-state index contributed by atoms with van der Waals surface area (Å²) in [6.45, 7) is 7.93. The van der Waals surface area contributed by atoms with Gasteiger partial charge in [-0.15, -0.1) is 0 Å². The number of hydrogen-bond acceptors (Lipinski definition) is 3. The molecule has 0 radical (unpaired) electrons. The van der Waals surface area contributed by atoms with Gasteiger partial charge in [0.25, 0.3) is 0 Å². The van der Waals surface area contributed by atoms with Crippen LogP contribution in [0.4, 0.5) is 5.69 Å². The highest BCUT2D eigenvalue weighted by atomic mass is 16.5. The zero-order valence-electron chi connectivity index (χ0n) is 14.5. The standard InChI is InChI=1S/C18H25N3O2/c1-12(2)23-17-9-7-6-8-16(17)19-18(22)11-10-15-13(3)20-21(5)14(15)4/h6-9,12H,10-11H2,1-5H3,(H,19,22). The molecule has 0 aliphatic carbocycles. The van der Waals surface area contributed by atoms with E-state index in [2.05, 4.69) is 10.4 Å². The van der Waals surface area contributed by atoms with Gasteiger partial charge in [-0.1, -0.05) is 12.1 Å². The summed E-state index contributed by atoms with van der Waals surface area (Å²) < 4.78 is 7.58. The lowest BCUT2D eigenvalue weighted by Gasteiger charge is -2.14. The van der Waals surface area contributed by atoms with Crippen molar-refractivity contribution in [3.8, 4) is 5.75 Å². The fourth-order valence-corrected chi connectivity index (χ4v) is 2.56. The number of nitrogens with one attached hydrogen (secondary N) is 1. The van der Waals surface area contributed by atoms with Crippen molar-refractivity contribution in [1.29, 1.82) is 0 Å². The van der Waals surface area contributed by atoms with Gasteiger partial charge in [-0.05, 0) is 51.8 Å². The maximum atomic E-state index is 12.3. The molecule has 0 fully saturated rings. The van der Waals surface area contributed by atoms with Gasteiger partial charge in [-0.2, -0.15) is 5.10 Å². The Morgan fingerprint density at radius 3 is 2.61 bits per heavy atom. The second kappa shape index (κ2) is 7.31. The molecular formula is C18H25N3O2. The van der Waals surface area contributed by atoms with Gasteiger partial charge >= 0.3 is 0 Å². The number of carbonyl (C=O) groups is 1. The van der Waals surface area contributed by atoms with Crippen molar-refractivity contribution >= 4 is 11.6 Å². The van der Waals surface area contributed by atoms with E-state index in [1.165, 1.54) is 0 Å². The molecule has 0 saturated carbocycles. The van der Waals surface area contributed by atoms with E-state index in [0.29, 0.717) is 24.3 Å². The molecule has 1 aromatic carbocycles. The maximum Gasteiger partial charge on any atom is 0.224 e. The predicted molar refractivity (Wildman–Crippen MR) is 91.8 cm³/mol. The minimum Gasteiger partial charge on any atom is -0.489 e. The fraction of sp³-hybridized carbons (Fsp3) is 0.444. The minimum absolute atomic E-state index is 0.0209. The molecule has 0 saturated heterocycles. The first kappa shape index (κ1) is 17.1. The Hall–Kier alpha value is -2.30. The van der Waals surface area contributed by atoms with E-state index in [1.54, 1.807) is 0 Å². The normalized spacial score (nSPS) is 10.9. The number of hydrogen-bond donors (Lipinski definition) is 1. The Balaban J connectivity index is 2.00. The monoisotopic (exact) mass is 315 g/mol. The number of anilines is 1. The van der Waals surface area contributed by atoms with Crippen LogP contribution in [0.25, 0.3) is 0 Å². The summed E-state index contributed by atoms with van der Waals surface area (Å²) in [5.74, 6) is 0.678. The summed E-state index contributed by atoms with van der Waals surface area (Å²) in [6.07, 6.45) is 1.17. The van der Waals surface area contributed by atoms with E-state index in [-0.39, 0.29) is 12.0 Å². The number of rotatable bonds is 6. The van der Waals surface area contributed by atoms with Crippen LogP contribution in [0.15, 0.2) is 24.3 Å². The molecular weight excluding hydrogens is 290 g/mol. The number of carbonyl (C=O) groups excluding carboxylic acids is 1. The van der Waals surface area contributed by atoms with Crippen LogP contribution in [0.3, 0.4) is 0 Å². The Morgan fingerprint density at radius 2 is 2.00 bits per heavy atom. The Labute approximate surface area is 137 Å². The molecule has 5 nitrogen and oxygen atoms in total. The van der Waals surface area contributed by atoms with Gasteiger partial charge in [0, 0.05) is 19.2 Å². The van der Waals surface area contributed by atoms with E-state index in [1.807, 2.05) is 63.7 Å². The number of para-hydroxylation sites is 2. The van der Waals surface area contributed by atoms with E-state index in [4.69, 9.17) is 4.74 Å². The predicted octanol–water partition coefficient (Wildman–Crippen LogP) is 3.40. The first-order chi connectivity index (χ1) is 10.9. The molecule has 1 aromatic heterocycles. The summed E-state index contributed by atoms with van der Waals surface area (Å²) in [5, 5.41) is 7.32. The second-order valence-corrected chi connectivity index (χ2v) is 5.98. The molecule has 1 N–H and O–H groups in total. The van der Waals surface area contributed by atoms with Crippen LogP contribution in [0.2, 0.25) is 0 Å². The summed E-state index contributed by atoms with van der Waals surface area (Å²) >= 11 is 0. The number of aromatic nitrogens is 2. The van der Waals surface area contributed by atoms with Crippen molar-refractivity contribution in [3.63, 3.8) is 0 Å². The van der Waals surface area contributed by atoms with Crippen molar-refractivity contribution in [2.75, 3.05) is 5.32 Å². The lowest BCUT2D eigenvalue weighted by atomic mass is 10.1. The van der Waals surface area contributed by atoms with Gasteiger partial charge in [0.15, 0.2) is 0 Å². The largest absolute Gasteiger partial charge is 0.489 e. The summed E-state index contributed by atoms with van der Waals surface area (Å²) in [6, 6.07) is 7.51. The first-order valence-electron chi connectivity index (χ1n) is 7.93. The molecule has 0 spiro atoms. The number of nitrogens with zero attached hydrogens (tertiary/aromatic N) is 2. The molecule has 2 rings (SSSR count). The lowest BCUT2D eigenvalue weighted by molar-refractivity contribution is -0.116. The smallest absolute Gasteiger partial charge is 0.224 e. The second-order valence-electron chi connectivity index (χ2n) is 5.98. The van der Waals surface area contributed by atoms with Crippen LogP contribution < -0.4 is 10.1 Å². The van der Waals surface area contributed by atoms with Crippen LogP contribution in [-0.2, 0) is 18.3 Å². The zero-order valence-corrected chi connectivity index (χ0v) is 14.5. The summed E-state index contributed by atoms with van der Waals surface area (Å²) in [5.41, 5.74) is 3.96. The quantitative estimate of drug-likeness (QED) is 0.889. The van der Waals surface area contributed by atoms with Gasteiger partial charge < -0.3 is 10.1 Å². The van der Waals surface area contributed by atoms with Crippen molar-refractivity contribution in [3.05, 3.63) is 41.2 Å². The van der Waals surface area contributed by atoms with Gasteiger partial charge in [-0.3, -0.25) is 9.48 Å². The average Bonchev–Trinajstić information content (AvgIpc) is 2.72. The highest BCUT2D eigenvalue weighted by molar-refractivity contribution is 5.92. The Bertz CT molecular complexity index is 690. The molecule has 1 heterocycles. The number of benzene rings is 1. The maximum absolute atomic E-state index is 12.3. The van der Waals surface area contributed by atoms with Crippen LogP contribution in [-0.4, -0.2) is 21.8 Å². The third-order valence-electron chi connectivity index (χ3n) is 3.78. The minimum atomic E-state index is -0.0209. The van der Waals surface area contributed by atoms with Crippen LogP contribution in [0.1, 0.15) is 37.2 Å². The van der Waals surface area contributed by atoms with Crippen LogP contribution >= 0.6 is 0 Å². The van der Waals surface area contributed by atoms with Crippen molar-refractivity contribution in [2.45, 2.75) is 46.6 Å². The average molecular weight is 315 g/mol. The van der Waals surface area contributed by atoms with Crippen molar-refractivity contribution in [1.82, 2.24) is 9.78 Å².